The molecule has 1 atom stereocenters. The van der Waals surface area contributed by atoms with Crippen LogP contribution in [0.3, 0.4) is 0 Å². The summed E-state index contributed by atoms with van der Waals surface area (Å²) in [7, 11) is 0. The standard InChI is InChI=1S/C22H16N4O2/c27-21-20(26-22-24-17-12-6-7-13-18(17)28-22)25-19(14-8-2-1-3-9-14)15-10-4-5-11-16(15)23-21/h1-13,20H,(H,23,27)(H,24,26). The number of carbonyl (C=O) groups is 1. The minimum Gasteiger partial charge on any atom is -0.424 e. The number of aromatic nitrogens is 1. The molecule has 0 fully saturated rings. The SMILES string of the molecule is O=C1Nc2ccccc2C(c2ccccc2)=NC1Nc1nc2ccccc2o1. The van der Waals surface area contributed by atoms with Gasteiger partial charge in [0.25, 0.3) is 11.9 Å². The highest BCUT2D eigenvalue weighted by Gasteiger charge is 2.26. The fraction of sp³-hybridized carbons (Fsp3) is 0.0455. The highest BCUT2D eigenvalue weighted by Crippen LogP contribution is 2.25. The van der Waals surface area contributed by atoms with Gasteiger partial charge in [0, 0.05) is 11.1 Å². The lowest BCUT2D eigenvalue weighted by molar-refractivity contribution is -0.116. The van der Waals surface area contributed by atoms with Gasteiger partial charge >= 0.3 is 0 Å². The Morgan fingerprint density at radius 3 is 2.50 bits per heavy atom. The number of oxazole rings is 1. The molecule has 28 heavy (non-hydrogen) atoms. The Balaban J connectivity index is 1.58. The van der Waals surface area contributed by atoms with Crippen molar-refractivity contribution in [3.05, 3.63) is 90.0 Å². The summed E-state index contributed by atoms with van der Waals surface area (Å²) >= 11 is 0. The maximum Gasteiger partial charge on any atom is 0.297 e. The number of anilines is 2. The number of benzodiazepines with no additional fused rings is 1. The number of fused-ring (bicyclic) bond motifs is 2. The number of nitrogens with one attached hydrogen (secondary N) is 2. The summed E-state index contributed by atoms with van der Waals surface area (Å²) in [4.78, 5) is 21.9. The van der Waals surface area contributed by atoms with Crippen molar-refractivity contribution >= 4 is 34.4 Å². The Bertz CT molecular complexity index is 1160. The molecule has 0 aliphatic carbocycles. The third-order valence-corrected chi connectivity index (χ3v) is 4.55. The summed E-state index contributed by atoms with van der Waals surface area (Å²) in [5, 5.41) is 5.96. The van der Waals surface area contributed by atoms with Crippen LogP contribution < -0.4 is 10.6 Å². The Morgan fingerprint density at radius 2 is 1.64 bits per heavy atom. The zero-order chi connectivity index (χ0) is 18.9. The van der Waals surface area contributed by atoms with Crippen LogP contribution in [0.15, 0.2) is 88.3 Å². The predicted molar refractivity (Wildman–Crippen MR) is 109 cm³/mol. The maximum absolute atomic E-state index is 12.8. The van der Waals surface area contributed by atoms with Gasteiger partial charge in [-0.25, -0.2) is 4.99 Å². The van der Waals surface area contributed by atoms with Gasteiger partial charge in [-0.15, -0.1) is 0 Å². The zero-order valence-electron chi connectivity index (χ0n) is 14.8. The Kier molecular flexibility index (Phi) is 3.87. The van der Waals surface area contributed by atoms with Crippen LogP contribution in [-0.2, 0) is 4.79 Å². The van der Waals surface area contributed by atoms with Gasteiger partial charge in [0.15, 0.2) is 5.58 Å². The third kappa shape index (κ3) is 2.91. The van der Waals surface area contributed by atoms with E-state index < -0.39 is 6.17 Å². The number of para-hydroxylation sites is 3. The van der Waals surface area contributed by atoms with E-state index >= 15 is 0 Å². The number of nitrogens with zero attached hydrogens (tertiary/aromatic N) is 2. The normalized spacial score (nSPS) is 16.1. The Morgan fingerprint density at radius 1 is 0.893 bits per heavy atom. The van der Waals surface area contributed by atoms with Gasteiger partial charge in [-0.3, -0.25) is 4.79 Å². The van der Waals surface area contributed by atoms with Crippen LogP contribution in [0.1, 0.15) is 11.1 Å². The lowest BCUT2D eigenvalue weighted by Crippen LogP contribution is -2.32. The van der Waals surface area contributed by atoms with Gasteiger partial charge in [0.05, 0.1) is 11.4 Å². The number of aliphatic imine (C=N–C) groups is 1. The molecule has 1 aliphatic rings. The molecule has 1 amide bonds. The van der Waals surface area contributed by atoms with Gasteiger partial charge < -0.3 is 15.1 Å². The van der Waals surface area contributed by atoms with Crippen LogP contribution in [0.5, 0.6) is 0 Å². The predicted octanol–water partition coefficient (Wildman–Crippen LogP) is 4.06. The molecule has 136 valence electrons. The lowest BCUT2D eigenvalue weighted by atomic mass is 10.0. The smallest absolute Gasteiger partial charge is 0.297 e. The second-order valence-electron chi connectivity index (χ2n) is 6.41. The monoisotopic (exact) mass is 368 g/mol. The molecule has 6 heteroatoms. The van der Waals surface area contributed by atoms with Crippen molar-refractivity contribution in [3.8, 4) is 0 Å². The molecule has 0 saturated carbocycles. The van der Waals surface area contributed by atoms with E-state index in [0.717, 1.165) is 28.0 Å². The molecule has 6 nitrogen and oxygen atoms in total. The summed E-state index contributed by atoms with van der Waals surface area (Å²) in [5.74, 6) is -0.277. The van der Waals surface area contributed by atoms with E-state index in [9.17, 15) is 4.79 Å². The van der Waals surface area contributed by atoms with Crippen LogP contribution in [0.4, 0.5) is 11.7 Å². The van der Waals surface area contributed by atoms with E-state index in [-0.39, 0.29) is 11.9 Å². The third-order valence-electron chi connectivity index (χ3n) is 4.55. The van der Waals surface area contributed by atoms with Crippen molar-refractivity contribution < 1.29 is 9.21 Å². The summed E-state index contributed by atoms with van der Waals surface area (Å²) in [6, 6.07) is 25.1. The average molecular weight is 368 g/mol. The van der Waals surface area contributed by atoms with Crippen LogP contribution in [0, 0.1) is 0 Å². The summed E-state index contributed by atoms with van der Waals surface area (Å²) in [5.41, 5.74) is 4.60. The van der Waals surface area contributed by atoms with E-state index in [0.29, 0.717) is 5.58 Å². The minimum atomic E-state index is -0.879. The largest absolute Gasteiger partial charge is 0.424 e. The topological polar surface area (TPSA) is 79.5 Å². The molecule has 0 bridgehead atoms. The quantitative estimate of drug-likeness (QED) is 0.572. The second kappa shape index (κ2) is 6.66. The minimum absolute atomic E-state index is 0.253. The molecule has 5 rings (SSSR count). The lowest BCUT2D eigenvalue weighted by Gasteiger charge is -2.11. The number of amides is 1. The van der Waals surface area contributed by atoms with E-state index in [1.165, 1.54) is 0 Å². The fourth-order valence-electron chi connectivity index (χ4n) is 3.23. The van der Waals surface area contributed by atoms with Crippen molar-refractivity contribution in [2.75, 3.05) is 10.6 Å². The molecule has 4 aromatic rings. The molecular weight excluding hydrogens is 352 g/mol. The van der Waals surface area contributed by atoms with Crippen molar-refractivity contribution in [2.45, 2.75) is 6.17 Å². The van der Waals surface area contributed by atoms with Gasteiger partial charge in [-0.05, 0) is 18.2 Å². The average Bonchev–Trinajstić information content (AvgIpc) is 3.08. The Labute approximate surface area is 160 Å². The summed E-state index contributed by atoms with van der Waals surface area (Å²) in [6.07, 6.45) is -0.879. The van der Waals surface area contributed by atoms with Gasteiger partial charge in [-0.1, -0.05) is 60.7 Å². The van der Waals surface area contributed by atoms with E-state index in [1.807, 2.05) is 78.9 Å². The first-order chi connectivity index (χ1) is 13.8. The highest BCUT2D eigenvalue weighted by molar-refractivity contribution is 6.19. The number of hydrogen-bond acceptors (Lipinski definition) is 5. The van der Waals surface area contributed by atoms with E-state index in [1.54, 1.807) is 0 Å². The molecule has 2 N–H and O–H groups in total. The number of benzene rings is 3. The van der Waals surface area contributed by atoms with Crippen molar-refractivity contribution in [1.82, 2.24) is 4.98 Å². The molecular formula is C22H16N4O2. The number of hydrogen-bond donors (Lipinski definition) is 2. The van der Waals surface area contributed by atoms with Gasteiger partial charge in [0.2, 0.25) is 6.17 Å². The zero-order valence-corrected chi connectivity index (χ0v) is 14.8. The molecule has 3 aromatic carbocycles. The number of rotatable bonds is 3. The molecule has 1 aliphatic heterocycles. The van der Waals surface area contributed by atoms with E-state index in [4.69, 9.17) is 9.41 Å². The molecule has 0 spiro atoms. The first kappa shape index (κ1) is 16.3. The van der Waals surface area contributed by atoms with Crippen molar-refractivity contribution in [2.24, 2.45) is 4.99 Å². The highest BCUT2D eigenvalue weighted by atomic mass is 16.4. The summed E-state index contributed by atoms with van der Waals surface area (Å²) in [6.45, 7) is 0. The van der Waals surface area contributed by atoms with Crippen molar-refractivity contribution in [1.29, 1.82) is 0 Å². The Hall–Kier alpha value is -3.93. The van der Waals surface area contributed by atoms with Crippen LogP contribution >= 0.6 is 0 Å². The first-order valence-electron chi connectivity index (χ1n) is 8.93. The molecule has 0 saturated heterocycles. The van der Waals surface area contributed by atoms with Crippen molar-refractivity contribution in [3.63, 3.8) is 0 Å². The molecule has 1 aromatic heterocycles. The first-order valence-corrected chi connectivity index (χ1v) is 8.93. The number of carbonyl (C=O) groups excluding carboxylic acids is 1. The molecule has 1 unspecified atom stereocenters. The molecule has 0 radical (unpaired) electrons. The van der Waals surface area contributed by atoms with Crippen LogP contribution in [0.2, 0.25) is 0 Å². The maximum atomic E-state index is 12.8. The molecule has 2 heterocycles. The summed E-state index contributed by atoms with van der Waals surface area (Å²) < 4.78 is 5.71. The van der Waals surface area contributed by atoms with Crippen LogP contribution in [-0.4, -0.2) is 22.8 Å². The van der Waals surface area contributed by atoms with E-state index in [2.05, 4.69) is 15.6 Å². The second-order valence-corrected chi connectivity index (χ2v) is 6.41. The fourth-order valence-corrected chi connectivity index (χ4v) is 3.23. The van der Waals surface area contributed by atoms with Gasteiger partial charge in [0.1, 0.15) is 5.52 Å². The van der Waals surface area contributed by atoms with Crippen LogP contribution in [0.25, 0.3) is 11.1 Å². The van der Waals surface area contributed by atoms with Gasteiger partial charge in [-0.2, -0.15) is 4.98 Å².